The predicted molar refractivity (Wildman–Crippen MR) is 87.1 cm³/mol. The molecule has 0 aliphatic carbocycles. The molecular weight excluding hydrogens is 286 g/mol. The van der Waals surface area contributed by atoms with Crippen LogP contribution >= 0.6 is 11.6 Å². The molecule has 0 saturated carbocycles. The summed E-state index contributed by atoms with van der Waals surface area (Å²) >= 11 is 5.91. The lowest BCUT2D eigenvalue weighted by atomic mass is 10.1. The van der Waals surface area contributed by atoms with Crippen LogP contribution in [0.2, 0.25) is 5.02 Å². The summed E-state index contributed by atoms with van der Waals surface area (Å²) < 4.78 is 7.30. The molecule has 1 atom stereocenters. The Kier molecular flexibility index (Phi) is 5.65. The summed E-state index contributed by atoms with van der Waals surface area (Å²) in [4.78, 5) is 4.53. The summed E-state index contributed by atoms with van der Waals surface area (Å²) in [5.41, 5.74) is 2.28. The van der Waals surface area contributed by atoms with Gasteiger partial charge in [0.15, 0.2) is 0 Å². The highest BCUT2D eigenvalue weighted by atomic mass is 35.5. The molecule has 4 nitrogen and oxygen atoms in total. The van der Waals surface area contributed by atoms with Gasteiger partial charge in [0.05, 0.1) is 12.3 Å². The number of hydrogen-bond acceptors (Lipinski definition) is 3. The van der Waals surface area contributed by atoms with Crippen molar-refractivity contribution in [1.82, 2.24) is 9.55 Å². The fourth-order valence-electron chi connectivity index (χ4n) is 2.25. The molecule has 0 amide bonds. The number of methoxy groups -OCH3 is 1. The minimum Gasteiger partial charge on any atom is -0.383 e. The number of halogens is 1. The molecule has 1 aromatic carbocycles. The monoisotopic (exact) mass is 307 g/mol. The van der Waals surface area contributed by atoms with E-state index in [0.29, 0.717) is 6.61 Å². The summed E-state index contributed by atoms with van der Waals surface area (Å²) in [6.45, 7) is 5.62. The minimum absolute atomic E-state index is 0.228. The number of anilines is 1. The number of hydrogen-bond donors (Lipinski definition) is 1. The van der Waals surface area contributed by atoms with Gasteiger partial charge in [0.25, 0.3) is 0 Å². The number of nitrogens with one attached hydrogen (secondary N) is 1. The average Bonchev–Trinajstić information content (AvgIpc) is 2.78. The summed E-state index contributed by atoms with van der Waals surface area (Å²) in [5.74, 6) is 0.894. The highest BCUT2D eigenvalue weighted by Crippen LogP contribution is 2.14. The van der Waals surface area contributed by atoms with Gasteiger partial charge in [-0.3, -0.25) is 0 Å². The molecule has 21 heavy (non-hydrogen) atoms. The fourth-order valence-corrected chi connectivity index (χ4v) is 2.37. The van der Waals surface area contributed by atoms with Gasteiger partial charge in [-0.25, -0.2) is 4.98 Å². The van der Waals surface area contributed by atoms with Crippen LogP contribution in [0.1, 0.15) is 18.2 Å². The van der Waals surface area contributed by atoms with E-state index in [1.165, 1.54) is 5.56 Å². The first-order chi connectivity index (χ1) is 10.1. The summed E-state index contributed by atoms with van der Waals surface area (Å²) in [7, 11) is 1.70. The highest BCUT2D eigenvalue weighted by Gasteiger charge is 2.09. The molecule has 1 heterocycles. The van der Waals surface area contributed by atoms with Crippen molar-refractivity contribution in [1.29, 1.82) is 0 Å². The van der Waals surface area contributed by atoms with E-state index in [1.54, 1.807) is 7.11 Å². The number of aryl methyl sites for hydroxylation is 3. The largest absolute Gasteiger partial charge is 0.383 e. The van der Waals surface area contributed by atoms with Crippen LogP contribution in [0.5, 0.6) is 0 Å². The molecule has 2 aromatic rings. The van der Waals surface area contributed by atoms with Crippen molar-refractivity contribution in [3.63, 3.8) is 0 Å². The Balaban J connectivity index is 2.00. The molecule has 1 unspecified atom stereocenters. The fraction of sp³-hybridized carbons (Fsp3) is 0.438. The Morgan fingerprint density at radius 2 is 2.05 bits per heavy atom. The van der Waals surface area contributed by atoms with Crippen molar-refractivity contribution in [2.24, 2.45) is 0 Å². The maximum absolute atomic E-state index is 5.91. The van der Waals surface area contributed by atoms with Crippen molar-refractivity contribution in [3.8, 4) is 0 Å². The molecule has 2 rings (SSSR count). The Bertz CT molecular complexity index is 565. The molecule has 0 aliphatic heterocycles. The van der Waals surface area contributed by atoms with Gasteiger partial charge < -0.3 is 14.6 Å². The van der Waals surface area contributed by atoms with Crippen molar-refractivity contribution in [2.75, 3.05) is 19.0 Å². The molecular formula is C16H22ClN3O. The van der Waals surface area contributed by atoms with E-state index in [-0.39, 0.29) is 6.04 Å². The molecule has 0 fully saturated rings. The first-order valence-corrected chi connectivity index (χ1v) is 7.50. The van der Waals surface area contributed by atoms with E-state index in [2.05, 4.69) is 40.1 Å². The van der Waals surface area contributed by atoms with E-state index in [9.17, 15) is 0 Å². The zero-order chi connectivity index (χ0) is 15.2. The quantitative estimate of drug-likeness (QED) is 0.850. The topological polar surface area (TPSA) is 39.1 Å². The molecule has 5 heteroatoms. The van der Waals surface area contributed by atoms with Gasteiger partial charge in [-0.2, -0.15) is 0 Å². The second kappa shape index (κ2) is 7.48. The van der Waals surface area contributed by atoms with Gasteiger partial charge in [-0.15, -0.1) is 0 Å². The summed E-state index contributed by atoms with van der Waals surface area (Å²) in [6, 6.07) is 8.21. The van der Waals surface area contributed by atoms with Crippen molar-refractivity contribution < 1.29 is 4.74 Å². The smallest absolute Gasteiger partial charge is 0.203 e. The number of aromatic nitrogens is 2. The van der Waals surface area contributed by atoms with Crippen LogP contribution in [-0.4, -0.2) is 29.3 Å². The predicted octanol–water partition coefficient (Wildman–Crippen LogP) is 3.53. The second-order valence-electron chi connectivity index (χ2n) is 5.28. The van der Waals surface area contributed by atoms with Crippen LogP contribution in [0.15, 0.2) is 30.5 Å². The van der Waals surface area contributed by atoms with E-state index in [4.69, 9.17) is 16.3 Å². The molecule has 1 aromatic heterocycles. The lowest BCUT2D eigenvalue weighted by Gasteiger charge is -2.15. The van der Waals surface area contributed by atoms with E-state index < -0.39 is 0 Å². The third-order valence-corrected chi connectivity index (χ3v) is 3.50. The maximum Gasteiger partial charge on any atom is 0.203 e. The highest BCUT2D eigenvalue weighted by molar-refractivity contribution is 6.30. The van der Waals surface area contributed by atoms with E-state index in [1.807, 2.05) is 19.1 Å². The number of ether oxygens (including phenoxy) is 1. The molecule has 114 valence electrons. The lowest BCUT2D eigenvalue weighted by molar-refractivity contribution is 0.190. The molecule has 1 N–H and O–H groups in total. The zero-order valence-electron chi connectivity index (χ0n) is 12.8. The Labute approximate surface area is 131 Å². The standard InChI is InChI=1S/C16H22ClN3O/c1-12-10-20(16(18-12)19-13(2)11-21-3)9-8-14-4-6-15(17)7-5-14/h4-7,10,13H,8-9,11H2,1-3H3,(H,18,19). The Morgan fingerprint density at radius 1 is 1.33 bits per heavy atom. The number of benzene rings is 1. The molecule has 0 spiro atoms. The molecule has 0 saturated heterocycles. The zero-order valence-corrected chi connectivity index (χ0v) is 13.5. The van der Waals surface area contributed by atoms with Crippen molar-refractivity contribution >= 4 is 17.5 Å². The minimum atomic E-state index is 0.228. The summed E-state index contributed by atoms with van der Waals surface area (Å²) in [5, 5.41) is 4.15. The lowest BCUT2D eigenvalue weighted by Crippen LogP contribution is -2.23. The molecule has 0 radical (unpaired) electrons. The van der Waals surface area contributed by atoms with E-state index >= 15 is 0 Å². The number of rotatable bonds is 7. The van der Waals surface area contributed by atoms with Gasteiger partial charge in [-0.1, -0.05) is 23.7 Å². The average molecular weight is 308 g/mol. The normalized spacial score (nSPS) is 12.4. The van der Waals surface area contributed by atoms with Gasteiger partial charge in [0.1, 0.15) is 0 Å². The number of nitrogens with zero attached hydrogens (tertiary/aromatic N) is 2. The first kappa shape index (κ1) is 15.9. The van der Waals surface area contributed by atoms with E-state index in [0.717, 1.165) is 29.6 Å². The van der Waals surface area contributed by atoms with Crippen LogP contribution in [0.25, 0.3) is 0 Å². The Morgan fingerprint density at radius 3 is 2.71 bits per heavy atom. The number of imidazole rings is 1. The maximum atomic E-state index is 5.91. The third-order valence-electron chi connectivity index (χ3n) is 3.24. The van der Waals surface area contributed by atoms with Gasteiger partial charge in [-0.05, 0) is 38.0 Å². The van der Waals surface area contributed by atoms with Crippen LogP contribution < -0.4 is 5.32 Å². The van der Waals surface area contributed by atoms with Crippen molar-refractivity contribution in [3.05, 3.63) is 46.7 Å². The van der Waals surface area contributed by atoms with Gasteiger partial charge in [0, 0.05) is 30.9 Å². The van der Waals surface area contributed by atoms with Gasteiger partial charge in [0.2, 0.25) is 5.95 Å². The van der Waals surface area contributed by atoms with Gasteiger partial charge >= 0.3 is 0 Å². The van der Waals surface area contributed by atoms with Crippen LogP contribution in [0.3, 0.4) is 0 Å². The second-order valence-corrected chi connectivity index (χ2v) is 5.71. The van der Waals surface area contributed by atoms with Crippen LogP contribution in [0, 0.1) is 6.92 Å². The van der Waals surface area contributed by atoms with Crippen LogP contribution in [0.4, 0.5) is 5.95 Å². The molecule has 0 aliphatic rings. The van der Waals surface area contributed by atoms with Crippen molar-refractivity contribution in [2.45, 2.75) is 32.9 Å². The van der Waals surface area contributed by atoms with Crippen LogP contribution in [-0.2, 0) is 17.7 Å². The Hall–Kier alpha value is -1.52. The first-order valence-electron chi connectivity index (χ1n) is 7.12. The SMILES string of the molecule is COCC(C)Nc1nc(C)cn1CCc1ccc(Cl)cc1. The molecule has 0 bridgehead atoms. The third kappa shape index (κ3) is 4.76. The summed E-state index contributed by atoms with van der Waals surface area (Å²) in [6.07, 6.45) is 3.01.